The summed E-state index contributed by atoms with van der Waals surface area (Å²) in [5, 5.41) is 0.0656. The lowest BCUT2D eigenvalue weighted by Crippen LogP contribution is -2.45. The van der Waals surface area contributed by atoms with Gasteiger partial charge in [-0.05, 0) is 17.2 Å². The molecular weight excluding hydrogens is 338 g/mol. The van der Waals surface area contributed by atoms with Gasteiger partial charge in [-0.1, -0.05) is 54.1 Å². The first kappa shape index (κ1) is 16.6. The van der Waals surface area contributed by atoms with E-state index < -0.39 is 30.0 Å². The number of Topliss-reactive ketones (excluding diaryl/α,β-unsaturated/α-hetero) is 1. The maximum absolute atomic E-state index is 13.8. The van der Waals surface area contributed by atoms with Crippen LogP contribution in [0.3, 0.4) is 0 Å². The lowest BCUT2D eigenvalue weighted by atomic mass is 9.84. The Morgan fingerprint density at radius 2 is 1.88 bits per heavy atom. The molecule has 2 aromatic rings. The minimum absolute atomic E-state index is 0.0175. The third-order valence-corrected chi connectivity index (χ3v) is 4.47. The van der Waals surface area contributed by atoms with Crippen molar-refractivity contribution in [1.29, 1.82) is 0 Å². The first-order valence-electron chi connectivity index (χ1n) is 7.28. The van der Waals surface area contributed by atoms with Crippen LogP contribution in [-0.4, -0.2) is 18.2 Å². The van der Waals surface area contributed by atoms with Gasteiger partial charge in [0.15, 0.2) is 11.2 Å². The fraction of sp³-hybridized carbons (Fsp3) is 0.222. The summed E-state index contributed by atoms with van der Waals surface area (Å²) in [6, 6.07) is 13.2. The second-order valence-corrected chi connectivity index (χ2v) is 6.02. The fourth-order valence-electron chi connectivity index (χ4n) is 2.86. The Balaban J connectivity index is 1.89. The van der Waals surface area contributed by atoms with E-state index >= 15 is 0 Å². The molecule has 1 aliphatic rings. The van der Waals surface area contributed by atoms with Gasteiger partial charge in [-0.25, -0.2) is 8.78 Å². The zero-order chi connectivity index (χ0) is 17.3. The maximum Gasteiger partial charge on any atom is 0.326 e. The molecule has 0 amide bonds. The van der Waals surface area contributed by atoms with Gasteiger partial charge >= 0.3 is 5.97 Å². The number of esters is 1. The van der Waals surface area contributed by atoms with Gasteiger partial charge in [0, 0.05) is 12.0 Å². The summed E-state index contributed by atoms with van der Waals surface area (Å²) < 4.78 is 32.5. The standard InChI is InChI=1S/C18H13ClF2O3/c19-13-8-4-7-12-9-18(16(20)21,15(22)14(12)13)17(23)24-10-11-5-2-1-3-6-11/h1-8,16H,9-10H2. The molecular formula is C18H13ClF2O3. The van der Waals surface area contributed by atoms with E-state index in [1.165, 1.54) is 12.1 Å². The number of benzene rings is 2. The normalized spacial score (nSPS) is 19.4. The van der Waals surface area contributed by atoms with Crippen LogP contribution >= 0.6 is 11.6 Å². The molecule has 0 spiro atoms. The molecule has 0 saturated heterocycles. The Morgan fingerprint density at radius 1 is 1.17 bits per heavy atom. The molecule has 0 bridgehead atoms. The van der Waals surface area contributed by atoms with Crippen LogP contribution in [-0.2, 0) is 22.6 Å². The molecule has 0 aliphatic heterocycles. The van der Waals surface area contributed by atoms with Crippen molar-refractivity contribution in [3.8, 4) is 0 Å². The molecule has 0 heterocycles. The molecule has 124 valence electrons. The van der Waals surface area contributed by atoms with Gasteiger partial charge < -0.3 is 4.74 Å². The van der Waals surface area contributed by atoms with E-state index in [1.807, 2.05) is 0 Å². The van der Waals surface area contributed by atoms with Crippen molar-refractivity contribution in [2.24, 2.45) is 5.41 Å². The molecule has 0 fully saturated rings. The van der Waals surface area contributed by atoms with E-state index in [1.54, 1.807) is 36.4 Å². The lowest BCUT2D eigenvalue weighted by molar-refractivity contribution is -0.161. The highest BCUT2D eigenvalue weighted by Crippen LogP contribution is 2.45. The van der Waals surface area contributed by atoms with Crippen molar-refractivity contribution in [1.82, 2.24) is 0 Å². The van der Waals surface area contributed by atoms with Crippen LogP contribution in [0.1, 0.15) is 21.5 Å². The lowest BCUT2D eigenvalue weighted by Gasteiger charge is -2.24. The summed E-state index contributed by atoms with van der Waals surface area (Å²) in [5.41, 5.74) is -1.56. The highest BCUT2D eigenvalue weighted by molar-refractivity contribution is 6.35. The van der Waals surface area contributed by atoms with Gasteiger partial charge in [0.25, 0.3) is 6.43 Å². The highest BCUT2D eigenvalue weighted by Gasteiger charge is 2.60. The molecule has 1 unspecified atom stereocenters. The summed E-state index contributed by atoms with van der Waals surface area (Å²) in [5.74, 6) is -2.20. The number of hydrogen-bond acceptors (Lipinski definition) is 3. The molecule has 6 heteroatoms. The first-order chi connectivity index (χ1) is 11.5. The molecule has 1 atom stereocenters. The first-order valence-corrected chi connectivity index (χ1v) is 7.66. The molecule has 2 aromatic carbocycles. The van der Waals surface area contributed by atoms with E-state index in [9.17, 15) is 18.4 Å². The summed E-state index contributed by atoms with van der Waals surface area (Å²) in [6.45, 7) is -0.175. The van der Waals surface area contributed by atoms with Gasteiger partial charge in [0.05, 0.1) is 5.02 Å². The zero-order valence-electron chi connectivity index (χ0n) is 12.5. The Morgan fingerprint density at radius 3 is 2.50 bits per heavy atom. The quantitative estimate of drug-likeness (QED) is 0.616. The molecule has 0 saturated carbocycles. The van der Waals surface area contributed by atoms with Crippen molar-refractivity contribution in [2.75, 3.05) is 0 Å². The van der Waals surface area contributed by atoms with Gasteiger partial charge in [0.2, 0.25) is 0 Å². The minimum Gasteiger partial charge on any atom is -0.460 e. The van der Waals surface area contributed by atoms with E-state index in [-0.39, 0.29) is 17.2 Å². The average molecular weight is 351 g/mol. The minimum atomic E-state index is -3.18. The van der Waals surface area contributed by atoms with Gasteiger partial charge in [0.1, 0.15) is 6.61 Å². The van der Waals surface area contributed by atoms with Gasteiger partial charge in [-0.15, -0.1) is 0 Å². The molecule has 0 aromatic heterocycles. The van der Waals surface area contributed by atoms with Crippen LogP contribution in [0.2, 0.25) is 5.02 Å². The number of hydrogen-bond donors (Lipinski definition) is 0. The molecule has 24 heavy (non-hydrogen) atoms. The summed E-state index contributed by atoms with van der Waals surface area (Å²) in [4.78, 5) is 25.0. The van der Waals surface area contributed by atoms with Gasteiger partial charge in [-0.2, -0.15) is 0 Å². The fourth-order valence-corrected chi connectivity index (χ4v) is 3.14. The predicted octanol–water partition coefficient (Wildman–Crippen LogP) is 4.07. The highest BCUT2D eigenvalue weighted by atomic mass is 35.5. The number of ketones is 1. The van der Waals surface area contributed by atoms with Crippen LogP contribution in [0.4, 0.5) is 8.78 Å². The van der Waals surface area contributed by atoms with Crippen molar-refractivity contribution in [2.45, 2.75) is 19.5 Å². The third kappa shape index (κ3) is 2.59. The van der Waals surface area contributed by atoms with Crippen molar-refractivity contribution < 1.29 is 23.1 Å². The zero-order valence-corrected chi connectivity index (χ0v) is 13.2. The van der Waals surface area contributed by atoms with E-state index in [0.29, 0.717) is 11.1 Å². The summed E-state index contributed by atoms with van der Waals surface area (Å²) in [6.07, 6.45) is -3.59. The number of carbonyl (C=O) groups is 2. The van der Waals surface area contributed by atoms with E-state index in [2.05, 4.69) is 0 Å². The molecule has 3 nitrogen and oxygen atoms in total. The van der Waals surface area contributed by atoms with E-state index in [4.69, 9.17) is 16.3 Å². The largest absolute Gasteiger partial charge is 0.460 e. The van der Waals surface area contributed by atoms with Crippen LogP contribution < -0.4 is 0 Å². The monoisotopic (exact) mass is 350 g/mol. The van der Waals surface area contributed by atoms with Crippen molar-refractivity contribution in [3.05, 3.63) is 70.2 Å². The van der Waals surface area contributed by atoms with Crippen LogP contribution in [0.15, 0.2) is 48.5 Å². The summed E-state index contributed by atoms with van der Waals surface area (Å²) in [7, 11) is 0. The number of halogens is 3. The van der Waals surface area contributed by atoms with E-state index in [0.717, 1.165) is 0 Å². The van der Waals surface area contributed by atoms with Crippen LogP contribution in [0, 0.1) is 5.41 Å². The molecule has 1 aliphatic carbocycles. The Labute approximate surface area is 142 Å². The second kappa shape index (κ2) is 6.32. The van der Waals surface area contributed by atoms with Crippen molar-refractivity contribution in [3.63, 3.8) is 0 Å². The molecule has 0 radical (unpaired) electrons. The average Bonchev–Trinajstić information content (AvgIpc) is 2.89. The molecule has 3 rings (SSSR count). The number of alkyl halides is 2. The van der Waals surface area contributed by atoms with Crippen LogP contribution in [0.5, 0.6) is 0 Å². The van der Waals surface area contributed by atoms with Crippen molar-refractivity contribution >= 4 is 23.4 Å². The summed E-state index contributed by atoms with van der Waals surface area (Å²) >= 11 is 5.96. The van der Waals surface area contributed by atoms with Gasteiger partial charge in [-0.3, -0.25) is 9.59 Å². The third-order valence-electron chi connectivity index (χ3n) is 4.15. The Kier molecular flexibility index (Phi) is 4.37. The predicted molar refractivity (Wildman–Crippen MR) is 84.2 cm³/mol. The molecule has 0 N–H and O–H groups in total. The second-order valence-electron chi connectivity index (χ2n) is 5.61. The SMILES string of the molecule is O=C(OCc1ccccc1)C1(C(F)F)Cc2cccc(Cl)c2C1=O. The topological polar surface area (TPSA) is 43.4 Å². The smallest absolute Gasteiger partial charge is 0.326 e. The number of fused-ring (bicyclic) bond motifs is 1. The number of ether oxygens (including phenoxy) is 1. The Hall–Kier alpha value is -2.27. The van der Waals surface area contributed by atoms with Crippen LogP contribution in [0.25, 0.3) is 0 Å². The maximum atomic E-state index is 13.8. The number of rotatable bonds is 4. The Bertz CT molecular complexity index is 792. The number of carbonyl (C=O) groups excluding carboxylic acids is 2.